The Morgan fingerprint density at radius 1 is 1.18 bits per heavy atom. The van der Waals surface area contributed by atoms with Crippen molar-refractivity contribution in [3.05, 3.63) is 77.1 Å². The first-order valence-electron chi connectivity index (χ1n) is 9.84. The number of benzene rings is 1. The van der Waals surface area contributed by atoms with E-state index in [0.717, 1.165) is 4.88 Å². The van der Waals surface area contributed by atoms with Crippen LogP contribution in [0.25, 0.3) is 6.08 Å². The third-order valence-corrected chi connectivity index (χ3v) is 6.80. The summed E-state index contributed by atoms with van der Waals surface area (Å²) in [6, 6.07) is 7.93. The van der Waals surface area contributed by atoms with Crippen molar-refractivity contribution in [1.29, 1.82) is 0 Å². The molecule has 0 radical (unpaired) electrons. The number of rotatable bonds is 5. The highest BCUT2D eigenvalue weighted by Gasteiger charge is 2.33. The number of allylic oxidation sites excluding steroid dienone is 1. The molecule has 3 heterocycles. The minimum atomic E-state index is -0.792. The van der Waals surface area contributed by atoms with Gasteiger partial charge < -0.3 is 14.2 Å². The molecule has 4 rings (SSSR count). The van der Waals surface area contributed by atoms with Crippen molar-refractivity contribution in [2.75, 3.05) is 14.2 Å². The van der Waals surface area contributed by atoms with Crippen molar-refractivity contribution < 1.29 is 23.8 Å². The molecule has 2 aromatic heterocycles. The fourth-order valence-corrected chi connectivity index (χ4v) is 5.37. The lowest BCUT2D eigenvalue weighted by atomic mass is 9.95. The predicted octanol–water partition coefficient (Wildman–Crippen LogP) is 2.40. The quantitative estimate of drug-likeness (QED) is 0.408. The number of carbonyl (C=O) groups is 2. The smallest absolute Gasteiger partial charge is 0.338 e. The van der Waals surface area contributed by atoms with Gasteiger partial charge in [0.05, 0.1) is 36.1 Å². The van der Waals surface area contributed by atoms with Gasteiger partial charge in [0, 0.05) is 11.8 Å². The number of thiophene rings is 1. The lowest BCUT2D eigenvalue weighted by Gasteiger charge is -2.25. The van der Waals surface area contributed by atoms with Crippen molar-refractivity contribution in [2.24, 2.45) is 4.99 Å². The van der Waals surface area contributed by atoms with Crippen molar-refractivity contribution in [1.82, 2.24) is 4.57 Å². The Hall–Kier alpha value is -3.50. The first kappa shape index (κ1) is 22.7. The van der Waals surface area contributed by atoms with Gasteiger partial charge in [0.1, 0.15) is 0 Å². The molecule has 0 amide bonds. The topological polar surface area (TPSA) is 96.2 Å². The summed E-state index contributed by atoms with van der Waals surface area (Å²) in [6.07, 6.45) is 1.81. The third-order valence-electron chi connectivity index (χ3n) is 5.00. The van der Waals surface area contributed by atoms with Gasteiger partial charge >= 0.3 is 11.9 Å². The van der Waals surface area contributed by atoms with Crippen LogP contribution < -0.4 is 24.4 Å². The molecule has 170 valence electrons. The van der Waals surface area contributed by atoms with Crippen LogP contribution in [-0.2, 0) is 14.3 Å². The summed E-state index contributed by atoms with van der Waals surface area (Å²) in [5.74, 6) is -0.549. The molecule has 0 unspecified atom stereocenters. The lowest BCUT2D eigenvalue weighted by molar-refractivity contribution is -0.136. The van der Waals surface area contributed by atoms with Crippen LogP contribution in [0.15, 0.2) is 56.8 Å². The Labute approximate surface area is 196 Å². The fourth-order valence-electron chi connectivity index (χ4n) is 3.60. The van der Waals surface area contributed by atoms with E-state index in [1.807, 2.05) is 23.6 Å². The average molecular weight is 485 g/mol. The van der Waals surface area contributed by atoms with Gasteiger partial charge in [-0.05, 0) is 42.1 Å². The zero-order chi connectivity index (χ0) is 23.7. The molecule has 8 nitrogen and oxygen atoms in total. The van der Waals surface area contributed by atoms with E-state index in [4.69, 9.17) is 14.2 Å². The standard InChI is InChI=1S/C23H20N2O6S2/c1-12-19(22(28)30-4)20(14-7-8-16(31-13(2)26)17(10-14)29-3)25-21(27)18(33-23(25)24-12)11-15-6-5-9-32-15/h5-11,20H,1-4H3/b18-11+/t20-/m1/s1. The largest absolute Gasteiger partial charge is 0.493 e. The molecular formula is C23H20N2O6S2. The second-order valence-corrected chi connectivity index (χ2v) is 9.08. The molecular weight excluding hydrogens is 464 g/mol. The Morgan fingerprint density at radius 3 is 2.61 bits per heavy atom. The highest BCUT2D eigenvalue weighted by atomic mass is 32.1. The predicted molar refractivity (Wildman–Crippen MR) is 124 cm³/mol. The van der Waals surface area contributed by atoms with Crippen LogP contribution >= 0.6 is 22.7 Å². The van der Waals surface area contributed by atoms with Crippen LogP contribution in [0, 0.1) is 0 Å². The molecule has 10 heteroatoms. The van der Waals surface area contributed by atoms with Crippen LogP contribution in [0.1, 0.15) is 30.3 Å². The summed E-state index contributed by atoms with van der Waals surface area (Å²) in [6.45, 7) is 3.00. The van der Waals surface area contributed by atoms with E-state index in [1.54, 1.807) is 25.1 Å². The van der Waals surface area contributed by atoms with Gasteiger partial charge in [-0.1, -0.05) is 23.5 Å². The average Bonchev–Trinajstić information content (AvgIpc) is 3.40. The first-order valence-corrected chi connectivity index (χ1v) is 11.5. The Bertz CT molecular complexity index is 1450. The van der Waals surface area contributed by atoms with Gasteiger partial charge in [-0.15, -0.1) is 11.3 Å². The number of hydrogen-bond donors (Lipinski definition) is 0. The molecule has 0 N–H and O–H groups in total. The Kier molecular flexibility index (Phi) is 6.30. The summed E-state index contributed by atoms with van der Waals surface area (Å²) in [4.78, 5) is 43.6. The monoisotopic (exact) mass is 484 g/mol. The number of hydrogen-bond acceptors (Lipinski definition) is 9. The van der Waals surface area contributed by atoms with Gasteiger partial charge in [0.15, 0.2) is 16.3 Å². The molecule has 1 atom stereocenters. The maximum atomic E-state index is 13.5. The molecule has 0 aliphatic carbocycles. The third kappa shape index (κ3) is 4.27. The fraction of sp³-hybridized carbons (Fsp3) is 0.217. The number of esters is 2. The number of nitrogens with zero attached hydrogens (tertiary/aromatic N) is 2. The molecule has 0 saturated carbocycles. The van der Waals surface area contributed by atoms with Crippen LogP contribution in [0.3, 0.4) is 0 Å². The molecule has 0 spiro atoms. The summed E-state index contributed by atoms with van der Waals surface area (Å²) < 4.78 is 17.6. The molecule has 1 aliphatic rings. The molecule has 0 fully saturated rings. The van der Waals surface area contributed by atoms with Crippen LogP contribution in [0.5, 0.6) is 11.5 Å². The Morgan fingerprint density at radius 2 is 1.97 bits per heavy atom. The van der Waals surface area contributed by atoms with E-state index in [0.29, 0.717) is 26.3 Å². The molecule has 1 aliphatic heterocycles. The normalized spacial score (nSPS) is 15.6. The molecule has 33 heavy (non-hydrogen) atoms. The number of carbonyl (C=O) groups excluding carboxylic acids is 2. The number of aromatic nitrogens is 1. The zero-order valence-electron chi connectivity index (χ0n) is 18.3. The van der Waals surface area contributed by atoms with Gasteiger partial charge in [0.2, 0.25) is 0 Å². The van der Waals surface area contributed by atoms with Crippen molar-refractivity contribution >= 4 is 40.7 Å². The van der Waals surface area contributed by atoms with Gasteiger partial charge in [-0.2, -0.15) is 0 Å². The minimum Gasteiger partial charge on any atom is -0.493 e. The summed E-state index contributed by atoms with van der Waals surface area (Å²) in [7, 11) is 2.73. The van der Waals surface area contributed by atoms with Crippen LogP contribution in [-0.4, -0.2) is 30.7 Å². The zero-order valence-corrected chi connectivity index (χ0v) is 19.9. The summed E-state index contributed by atoms with van der Waals surface area (Å²) in [5.41, 5.74) is 1.02. The molecule has 0 bridgehead atoms. The van der Waals surface area contributed by atoms with E-state index in [-0.39, 0.29) is 16.9 Å². The van der Waals surface area contributed by atoms with Crippen molar-refractivity contribution in [3.8, 4) is 11.5 Å². The van der Waals surface area contributed by atoms with Gasteiger partial charge in [-0.3, -0.25) is 14.2 Å². The Balaban J connectivity index is 1.96. The van der Waals surface area contributed by atoms with Crippen molar-refractivity contribution in [2.45, 2.75) is 19.9 Å². The lowest BCUT2D eigenvalue weighted by Crippen LogP contribution is -2.39. The van der Waals surface area contributed by atoms with E-state index >= 15 is 0 Å². The van der Waals surface area contributed by atoms with Crippen LogP contribution in [0.4, 0.5) is 0 Å². The summed E-state index contributed by atoms with van der Waals surface area (Å²) >= 11 is 2.77. The van der Waals surface area contributed by atoms with E-state index < -0.39 is 18.0 Å². The maximum absolute atomic E-state index is 13.5. The van der Waals surface area contributed by atoms with Gasteiger partial charge in [0.25, 0.3) is 5.56 Å². The molecule has 3 aromatic rings. The maximum Gasteiger partial charge on any atom is 0.338 e. The van der Waals surface area contributed by atoms with E-state index in [1.165, 1.54) is 48.4 Å². The second kappa shape index (κ2) is 9.16. The van der Waals surface area contributed by atoms with E-state index in [9.17, 15) is 14.4 Å². The summed E-state index contributed by atoms with van der Waals surface area (Å²) in [5, 5.41) is 1.93. The number of fused-ring (bicyclic) bond motifs is 1. The van der Waals surface area contributed by atoms with Gasteiger partial charge in [-0.25, -0.2) is 9.79 Å². The molecule has 1 aromatic carbocycles. The SMILES string of the molecule is COC(=O)C1=C(C)N=c2s/c(=C/c3cccs3)c(=O)n2[C@@H]1c1ccc(OC(C)=O)c(OC)c1. The van der Waals surface area contributed by atoms with Crippen molar-refractivity contribution in [3.63, 3.8) is 0 Å². The number of ether oxygens (including phenoxy) is 3. The first-order chi connectivity index (χ1) is 15.8. The highest BCUT2D eigenvalue weighted by Crippen LogP contribution is 2.36. The second-order valence-electron chi connectivity index (χ2n) is 7.09. The van der Waals surface area contributed by atoms with E-state index in [2.05, 4.69) is 4.99 Å². The van der Waals surface area contributed by atoms with Crippen LogP contribution in [0.2, 0.25) is 0 Å². The number of thiazole rings is 1. The number of methoxy groups -OCH3 is 2. The minimum absolute atomic E-state index is 0.235. The highest BCUT2D eigenvalue weighted by molar-refractivity contribution is 7.11. The molecule has 0 saturated heterocycles.